The Hall–Kier alpha value is -2.14. The summed E-state index contributed by atoms with van der Waals surface area (Å²) >= 11 is 0. The average molecular weight is 272 g/mol. The summed E-state index contributed by atoms with van der Waals surface area (Å²) in [5.74, 6) is 0.308. The number of hydrogen-bond donors (Lipinski definition) is 1. The first-order valence-electron chi connectivity index (χ1n) is 6.73. The molecule has 1 heterocycles. The van der Waals surface area contributed by atoms with Crippen molar-refractivity contribution in [3.63, 3.8) is 0 Å². The molecule has 0 spiro atoms. The van der Waals surface area contributed by atoms with E-state index in [1.165, 1.54) is 6.08 Å². The van der Waals surface area contributed by atoms with Crippen molar-refractivity contribution >= 4 is 23.1 Å². The first kappa shape index (κ1) is 12.9. The third-order valence-corrected chi connectivity index (χ3v) is 3.29. The molecule has 0 saturated heterocycles. The van der Waals surface area contributed by atoms with Gasteiger partial charge < -0.3 is 14.4 Å². The highest BCUT2D eigenvalue weighted by Crippen LogP contribution is 2.26. The molecule has 1 aliphatic carbocycles. The second-order valence-electron chi connectivity index (χ2n) is 4.84. The molecule has 0 radical (unpaired) electrons. The van der Waals surface area contributed by atoms with E-state index in [2.05, 4.69) is 4.98 Å². The number of amides is 1. The summed E-state index contributed by atoms with van der Waals surface area (Å²) in [5.41, 5.74) is 1.48. The van der Waals surface area contributed by atoms with Gasteiger partial charge in [0, 0.05) is 24.7 Å². The molecule has 1 aromatic carbocycles. The van der Waals surface area contributed by atoms with E-state index >= 15 is 0 Å². The van der Waals surface area contributed by atoms with Gasteiger partial charge >= 0.3 is 0 Å². The molecule has 1 amide bonds. The number of aliphatic hydroxyl groups excluding tert-OH is 1. The average Bonchev–Trinajstić information content (AvgIpc) is 3.20. The molecule has 2 aromatic rings. The van der Waals surface area contributed by atoms with Gasteiger partial charge in [-0.3, -0.25) is 4.79 Å². The molecule has 0 unspecified atom stereocenters. The lowest BCUT2D eigenvalue weighted by molar-refractivity contribution is -0.127. The zero-order valence-electron chi connectivity index (χ0n) is 11.0. The second kappa shape index (κ2) is 5.46. The molecule has 0 aliphatic heterocycles. The van der Waals surface area contributed by atoms with Crippen molar-refractivity contribution in [3.8, 4) is 0 Å². The number of carbonyl (C=O) groups excluding carboxylic acids is 1. The predicted molar refractivity (Wildman–Crippen MR) is 74.9 cm³/mol. The van der Waals surface area contributed by atoms with Crippen LogP contribution in [-0.4, -0.2) is 40.1 Å². The van der Waals surface area contributed by atoms with Crippen LogP contribution in [0.5, 0.6) is 0 Å². The Kier molecular flexibility index (Phi) is 3.52. The molecule has 104 valence electrons. The fourth-order valence-electron chi connectivity index (χ4n) is 2.17. The van der Waals surface area contributed by atoms with Crippen LogP contribution in [0, 0.1) is 0 Å². The molecule has 1 N–H and O–H groups in total. The zero-order chi connectivity index (χ0) is 13.9. The van der Waals surface area contributed by atoms with Crippen molar-refractivity contribution in [3.05, 3.63) is 36.2 Å². The third-order valence-electron chi connectivity index (χ3n) is 3.29. The van der Waals surface area contributed by atoms with Crippen LogP contribution >= 0.6 is 0 Å². The first-order valence-corrected chi connectivity index (χ1v) is 6.73. The molecule has 5 heteroatoms. The zero-order valence-corrected chi connectivity index (χ0v) is 11.0. The van der Waals surface area contributed by atoms with E-state index in [1.54, 1.807) is 11.0 Å². The number of oxazole rings is 1. The molecule has 1 aliphatic rings. The quantitative estimate of drug-likeness (QED) is 0.843. The van der Waals surface area contributed by atoms with Crippen molar-refractivity contribution < 1.29 is 14.3 Å². The Morgan fingerprint density at radius 1 is 1.45 bits per heavy atom. The Balaban J connectivity index is 1.73. The normalized spacial score (nSPS) is 15.1. The van der Waals surface area contributed by atoms with Crippen molar-refractivity contribution in [2.45, 2.75) is 18.9 Å². The van der Waals surface area contributed by atoms with Crippen LogP contribution < -0.4 is 0 Å². The maximum atomic E-state index is 12.1. The van der Waals surface area contributed by atoms with Gasteiger partial charge in [0.2, 0.25) is 11.8 Å². The Bertz CT molecular complexity index is 610. The van der Waals surface area contributed by atoms with Gasteiger partial charge in [-0.05, 0) is 25.0 Å². The minimum atomic E-state index is -0.108. The van der Waals surface area contributed by atoms with Gasteiger partial charge in [-0.15, -0.1) is 0 Å². The predicted octanol–water partition coefficient (Wildman–Crippen LogP) is 1.82. The Morgan fingerprint density at radius 3 is 2.95 bits per heavy atom. The smallest absolute Gasteiger partial charge is 0.247 e. The number of aromatic nitrogens is 1. The Morgan fingerprint density at radius 2 is 2.25 bits per heavy atom. The third kappa shape index (κ3) is 2.72. The van der Waals surface area contributed by atoms with Crippen LogP contribution in [0.1, 0.15) is 18.7 Å². The molecule has 1 fully saturated rings. The first-order chi connectivity index (χ1) is 9.78. The maximum Gasteiger partial charge on any atom is 0.247 e. The van der Waals surface area contributed by atoms with Gasteiger partial charge in [0.05, 0.1) is 6.61 Å². The van der Waals surface area contributed by atoms with E-state index in [4.69, 9.17) is 9.52 Å². The van der Waals surface area contributed by atoms with Crippen LogP contribution in [0.3, 0.4) is 0 Å². The lowest BCUT2D eigenvalue weighted by atomic mass is 10.3. The van der Waals surface area contributed by atoms with Gasteiger partial charge in [-0.1, -0.05) is 12.1 Å². The number of aliphatic hydroxyl groups is 1. The standard InChI is InChI=1S/C15H16N2O3/c18-10-9-17(11-5-6-11)15(19)8-7-14-16-12-3-1-2-4-13(12)20-14/h1-4,7-8,11,18H,5-6,9-10H2/b8-7+. The molecule has 1 saturated carbocycles. The lowest BCUT2D eigenvalue weighted by Gasteiger charge is -2.18. The molecular weight excluding hydrogens is 256 g/mol. The van der Waals surface area contributed by atoms with Crippen LogP contribution in [0.4, 0.5) is 0 Å². The fourth-order valence-corrected chi connectivity index (χ4v) is 2.17. The minimum absolute atomic E-state index is 0.0149. The number of fused-ring (bicyclic) bond motifs is 1. The van der Waals surface area contributed by atoms with E-state index in [1.807, 2.05) is 24.3 Å². The van der Waals surface area contributed by atoms with Gasteiger partial charge in [0.25, 0.3) is 0 Å². The molecule has 0 bridgehead atoms. The largest absolute Gasteiger partial charge is 0.437 e. The van der Waals surface area contributed by atoms with Crippen LogP contribution in [0.25, 0.3) is 17.2 Å². The number of rotatable bonds is 5. The topological polar surface area (TPSA) is 66.6 Å². The van der Waals surface area contributed by atoms with E-state index < -0.39 is 0 Å². The van der Waals surface area contributed by atoms with Gasteiger partial charge in [0.1, 0.15) is 5.52 Å². The highest BCUT2D eigenvalue weighted by atomic mass is 16.3. The van der Waals surface area contributed by atoms with Crippen LogP contribution in [-0.2, 0) is 4.79 Å². The molecule has 5 nitrogen and oxygen atoms in total. The summed E-state index contributed by atoms with van der Waals surface area (Å²) in [4.78, 5) is 18.0. The van der Waals surface area contributed by atoms with Gasteiger partial charge in [-0.25, -0.2) is 4.98 Å². The fraction of sp³-hybridized carbons (Fsp3) is 0.333. The van der Waals surface area contributed by atoms with Crippen LogP contribution in [0.2, 0.25) is 0 Å². The number of nitrogens with zero attached hydrogens (tertiary/aromatic N) is 2. The van der Waals surface area contributed by atoms with E-state index in [0.29, 0.717) is 18.0 Å². The summed E-state index contributed by atoms with van der Waals surface area (Å²) in [7, 11) is 0. The highest BCUT2D eigenvalue weighted by molar-refractivity contribution is 5.92. The SMILES string of the molecule is O=C(/C=C/c1nc2ccccc2o1)N(CCO)C1CC1. The minimum Gasteiger partial charge on any atom is -0.437 e. The Labute approximate surface area is 116 Å². The van der Waals surface area contributed by atoms with Gasteiger partial charge in [-0.2, -0.15) is 0 Å². The number of hydrogen-bond acceptors (Lipinski definition) is 4. The van der Waals surface area contributed by atoms with E-state index in [-0.39, 0.29) is 18.6 Å². The van der Waals surface area contributed by atoms with Crippen molar-refractivity contribution in [1.82, 2.24) is 9.88 Å². The monoisotopic (exact) mass is 272 g/mol. The van der Waals surface area contributed by atoms with E-state index in [0.717, 1.165) is 18.4 Å². The van der Waals surface area contributed by atoms with Gasteiger partial charge in [0.15, 0.2) is 5.58 Å². The molecule has 3 rings (SSSR count). The summed E-state index contributed by atoms with van der Waals surface area (Å²) in [6, 6.07) is 7.74. The lowest BCUT2D eigenvalue weighted by Crippen LogP contribution is -2.34. The molecule has 20 heavy (non-hydrogen) atoms. The second-order valence-corrected chi connectivity index (χ2v) is 4.84. The number of benzene rings is 1. The van der Waals surface area contributed by atoms with Crippen LogP contribution in [0.15, 0.2) is 34.8 Å². The molecule has 1 aromatic heterocycles. The van der Waals surface area contributed by atoms with Crippen molar-refractivity contribution in [2.24, 2.45) is 0 Å². The van der Waals surface area contributed by atoms with Crippen molar-refractivity contribution in [2.75, 3.05) is 13.2 Å². The molecular formula is C15H16N2O3. The highest BCUT2D eigenvalue weighted by Gasteiger charge is 2.30. The summed E-state index contributed by atoms with van der Waals surface area (Å²) in [6.07, 6.45) is 5.07. The summed E-state index contributed by atoms with van der Waals surface area (Å²) in [6.45, 7) is 0.361. The maximum absolute atomic E-state index is 12.1. The van der Waals surface area contributed by atoms with Crippen molar-refractivity contribution in [1.29, 1.82) is 0 Å². The number of para-hydroxylation sites is 2. The van der Waals surface area contributed by atoms with E-state index in [9.17, 15) is 4.79 Å². The molecule has 0 atom stereocenters. The summed E-state index contributed by atoms with van der Waals surface area (Å²) < 4.78 is 5.52. The number of carbonyl (C=O) groups is 1. The summed E-state index contributed by atoms with van der Waals surface area (Å²) in [5, 5.41) is 8.99.